The topological polar surface area (TPSA) is 194 Å². The Morgan fingerprint density at radius 3 is 1.72 bits per heavy atom. The maximum atomic E-state index is 13.3. The number of primary amides is 1. The van der Waals surface area contributed by atoms with Crippen molar-refractivity contribution in [1.29, 1.82) is 0 Å². The van der Waals surface area contributed by atoms with E-state index in [0.29, 0.717) is 23.3 Å². The zero-order chi connectivity index (χ0) is 28.8. The van der Waals surface area contributed by atoms with Crippen molar-refractivity contribution in [3.8, 4) is 0 Å². The molecule has 2 aromatic carbocycles. The van der Waals surface area contributed by atoms with E-state index in [9.17, 15) is 29.1 Å². The number of hydrogen-bond donors (Lipinski definition) is 6. The Balaban J connectivity index is 2.23. The quantitative estimate of drug-likeness (QED) is 0.165. The van der Waals surface area contributed by atoms with Crippen LogP contribution < -0.4 is 27.4 Å². The zero-order valence-corrected chi connectivity index (χ0v) is 22.5. The molecule has 0 spiro atoms. The summed E-state index contributed by atoms with van der Waals surface area (Å²) in [6.07, 6.45) is 1.76. The Morgan fingerprint density at radius 2 is 1.23 bits per heavy atom. The van der Waals surface area contributed by atoms with Crippen LogP contribution in [0.2, 0.25) is 0 Å². The Hall–Kier alpha value is -3.90. The SMILES string of the molecule is CSCCC(N)C(=O)NC(CC(N)=O)C(=O)NC(Cc1ccccc1)C(=O)NC(Cc1ccccc1)C(=O)O. The molecule has 11 nitrogen and oxygen atoms in total. The largest absolute Gasteiger partial charge is 0.480 e. The molecular formula is C27H35N5O6S. The van der Waals surface area contributed by atoms with Gasteiger partial charge in [-0.2, -0.15) is 11.8 Å². The number of aliphatic carboxylic acids is 1. The number of nitrogens with one attached hydrogen (secondary N) is 3. The molecule has 8 N–H and O–H groups in total. The van der Waals surface area contributed by atoms with E-state index in [-0.39, 0.29) is 12.8 Å². The number of carbonyl (C=O) groups is 5. The molecule has 0 bridgehead atoms. The lowest BCUT2D eigenvalue weighted by Gasteiger charge is -2.25. The molecule has 0 aliphatic heterocycles. The predicted molar refractivity (Wildman–Crippen MR) is 149 cm³/mol. The molecule has 0 aliphatic rings. The smallest absolute Gasteiger partial charge is 0.326 e. The highest BCUT2D eigenvalue weighted by Crippen LogP contribution is 2.08. The van der Waals surface area contributed by atoms with Crippen molar-refractivity contribution in [1.82, 2.24) is 16.0 Å². The third-order valence-corrected chi connectivity index (χ3v) is 6.46. The minimum atomic E-state index is -1.37. The highest BCUT2D eigenvalue weighted by molar-refractivity contribution is 7.98. The number of carboxylic acids is 1. The fraction of sp³-hybridized carbons (Fsp3) is 0.370. The first-order chi connectivity index (χ1) is 18.6. The van der Waals surface area contributed by atoms with Crippen molar-refractivity contribution in [2.45, 2.75) is 49.9 Å². The summed E-state index contributed by atoms with van der Waals surface area (Å²) >= 11 is 1.50. The Bertz CT molecular complexity index is 1120. The molecule has 4 atom stereocenters. The molecule has 0 saturated carbocycles. The second kappa shape index (κ2) is 16.1. The summed E-state index contributed by atoms with van der Waals surface area (Å²) < 4.78 is 0. The Kier molecular flexibility index (Phi) is 13.0. The van der Waals surface area contributed by atoms with Gasteiger partial charge in [0.25, 0.3) is 0 Å². The summed E-state index contributed by atoms with van der Waals surface area (Å²) in [7, 11) is 0. The minimum Gasteiger partial charge on any atom is -0.480 e. The summed E-state index contributed by atoms with van der Waals surface area (Å²) in [6, 6.07) is 12.8. The molecule has 4 unspecified atom stereocenters. The van der Waals surface area contributed by atoms with E-state index in [2.05, 4.69) is 16.0 Å². The van der Waals surface area contributed by atoms with Crippen molar-refractivity contribution < 1.29 is 29.1 Å². The van der Waals surface area contributed by atoms with Crippen LogP contribution in [-0.2, 0) is 36.8 Å². The summed E-state index contributed by atoms with van der Waals surface area (Å²) in [4.78, 5) is 62.6. The number of carboxylic acid groups (broad SMARTS) is 1. The minimum absolute atomic E-state index is 0.0283. The number of carbonyl (C=O) groups excluding carboxylic acids is 4. The van der Waals surface area contributed by atoms with E-state index < -0.39 is 60.2 Å². The van der Waals surface area contributed by atoms with Crippen molar-refractivity contribution in [2.75, 3.05) is 12.0 Å². The van der Waals surface area contributed by atoms with Gasteiger partial charge in [0, 0.05) is 12.8 Å². The van der Waals surface area contributed by atoms with Crippen molar-refractivity contribution >= 4 is 41.4 Å². The van der Waals surface area contributed by atoms with Crippen LogP contribution in [0.1, 0.15) is 24.0 Å². The van der Waals surface area contributed by atoms with Gasteiger partial charge in [-0.05, 0) is 29.6 Å². The van der Waals surface area contributed by atoms with Crippen molar-refractivity contribution in [3.05, 3.63) is 71.8 Å². The van der Waals surface area contributed by atoms with E-state index in [1.807, 2.05) is 6.26 Å². The van der Waals surface area contributed by atoms with Crippen LogP contribution in [0.15, 0.2) is 60.7 Å². The van der Waals surface area contributed by atoms with Gasteiger partial charge in [0.1, 0.15) is 18.1 Å². The highest BCUT2D eigenvalue weighted by atomic mass is 32.2. The normalized spacial score (nSPS) is 13.8. The number of thioether (sulfide) groups is 1. The second-order valence-electron chi connectivity index (χ2n) is 8.96. The molecule has 2 rings (SSSR count). The number of amides is 4. The van der Waals surface area contributed by atoms with Crippen LogP contribution in [0.25, 0.3) is 0 Å². The molecule has 210 valence electrons. The first-order valence-electron chi connectivity index (χ1n) is 12.3. The lowest BCUT2D eigenvalue weighted by molar-refractivity contribution is -0.142. The Morgan fingerprint density at radius 1 is 0.769 bits per heavy atom. The molecule has 2 aromatic rings. The maximum absolute atomic E-state index is 13.3. The molecule has 4 amide bonds. The van der Waals surface area contributed by atoms with E-state index in [1.54, 1.807) is 60.7 Å². The van der Waals surface area contributed by atoms with Crippen LogP contribution >= 0.6 is 11.8 Å². The molecule has 0 saturated heterocycles. The summed E-state index contributed by atoms with van der Waals surface area (Å²) in [5, 5.41) is 17.2. The zero-order valence-electron chi connectivity index (χ0n) is 21.7. The Labute approximate surface area is 231 Å². The molecule has 0 aromatic heterocycles. The molecule has 39 heavy (non-hydrogen) atoms. The molecule has 0 fully saturated rings. The van der Waals surface area contributed by atoms with Crippen LogP contribution in [0.3, 0.4) is 0 Å². The van der Waals surface area contributed by atoms with Crippen molar-refractivity contribution in [3.63, 3.8) is 0 Å². The van der Waals surface area contributed by atoms with E-state index in [0.717, 1.165) is 0 Å². The number of nitrogens with two attached hydrogens (primary N) is 2. The van der Waals surface area contributed by atoms with Crippen LogP contribution in [-0.4, -0.2) is 70.9 Å². The average molecular weight is 558 g/mol. The average Bonchev–Trinajstić information content (AvgIpc) is 2.91. The van der Waals surface area contributed by atoms with E-state index in [1.165, 1.54) is 11.8 Å². The van der Waals surface area contributed by atoms with Gasteiger partial charge in [-0.3, -0.25) is 19.2 Å². The van der Waals surface area contributed by atoms with Crippen LogP contribution in [0.4, 0.5) is 0 Å². The van der Waals surface area contributed by atoms with Crippen molar-refractivity contribution in [2.24, 2.45) is 11.5 Å². The maximum Gasteiger partial charge on any atom is 0.326 e. The second-order valence-corrected chi connectivity index (χ2v) is 9.95. The summed E-state index contributed by atoms with van der Waals surface area (Å²) in [5.41, 5.74) is 12.6. The van der Waals surface area contributed by atoms with Gasteiger partial charge >= 0.3 is 5.97 Å². The third-order valence-electron chi connectivity index (χ3n) is 5.82. The van der Waals surface area contributed by atoms with E-state index in [4.69, 9.17) is 11.5 Å². The number of benzene rings is 2. The molecule has 0 aliphatic carbocycles. The lowest BCUT2D eigenvalue weighted by atomic mass is 10.0. The molecule has 0 heterocycles. The van der Waals surface area contributed by atoms with Gasteiger partial charge < -0.3 is 32.5 Å². The first kappa shape index (κ1) is 31.3. The predicted octanol–water partition coefficient (Wildman–Crippen LogP) is -0.0334. The van der Waals surface area contributed by atoms with Gasteiger partial charge in [-0.15, -0.1) is 0 Å². The fourth-order valence-electron chi connectivity index (χ4n) is 3.72. The summed E-state index contributed by atoms with van der Waals surface area (Å²) in [6.45, 7) is 0. The number of hydrogen-bond acceptors (Lipinski definition) is 7. The number of rotatable bonds is 16. The van der Waals surface area contributed by atoms with Gasteiger partial charge in [-0.25, -0.2) is 4.79 Å². The highest BCUT2D eigenvalue weighted by Gasteiger charge is 2.31. The molecule has 0 radical (unpaired) electrons. The van der Waals surface area contributed by atoms with Gasteiger partial charge in [0.2, 0.25) is 23.6 Å². The standard InChI is InChI=1S/C27H35N5O6S/c1-39-13-12-19(28)24(34)30-21(16-23(29)33)26(36)31-20(14-17-8-4-2-5-9-17)25(35)32-22(27(37)38)15-18-10-6-3-7-11-18/h2-11,19-22H,12-16,28H2,1H3,(H2,29,33)(H,30,34)(H,31,36)(H,32,35)(H,37,38). The van der Waals surface area contributed by atoms with Gasteiger partial charge in [0.15, 0.2) is 0 Å². The van der Waals surface area contributed by atoms with Crippen LogP contribution in [0, 0.1) is 0 Å². The monoisotopic (exact) mass is 557 g/mol. The van der Waals surface area contributed by atoms with Gasteiger partial charge in [-0.1, -0.05) is 60.7 Å². The van der Waals surface area contributed by atoms with E-state index >= 15 is 0 Å². The molecular weight excluding hydrogens is 522 g/mol. The third kappa shape index (κ3) is 11.2. The van der Waals surface area contributed by atoms with Crippen LogP contribution in [0.5, 0.6) is 0 Å². The van der Waals surface area contributed by atoms with Gasteiger partial charge in [0.05, 0.1) is 12.5 Å². The fourth-order valence-corrected chi connectivity index (χ4v) is 4.21. The lowest BCUT2D eigenvalue weighted by Crippen LogP contribution is -2.58. The summed E-state index contributed by atoms with van der Waals surface area (Å²) in [5.74, 6) is -3.67. The molecule has 12 heteroatoms. The first-order valence-corrected chi connectivity index (χ1v) is 13.7.